The predicted molar refractivity (Wildman–Crippen MR) is 71.5 cm³/mol. The highest BCUT2D eigenvalue weighted by Crippen LogP contribution is 2.03. The molecule has 1 amide bonds. The van der Waals surface area contributed by atoms with E-state index in [9.17, 15) is 4.79 Å². The minimum Gasteiger partial charge on any atom is -0.445 e. The summed E-state index contributed by atoms with van der Waals surface area (Å²) in [7, 11) is 0. The molecule has 0 atom stereocenters. The zero-order valence-corrected chi connectivity index (χ0v) is 11.1. The summed E-state index contributed by atoms with van der Waals surface area (Å²) >= 11 is 0. The maximum atomic E-state index is 11.5. The first-order valence-electron chi connectivity index (χ1n) is 6.12. The average molecular weight is 259 g/mol. The van der Waals surface area contributed by atoms with Gasteiger partial charge in [0.15, 0.2) is 0 Å². The Hall–Kier alpha value is -2.30. The molecule has 2 rings (SSSR count). The van der Waals surface area contributed by atoms with Gasteiger partial charge in [-0.15, -0.1) is 0 Å². The van der Waals surface area contributed by atoms with E-state index in [0.29, 0.717) is 6.54 Å². The van der Waals surface area contributed by atoms with Crippen LogP contribution in [0.2, 0.25) is 0 Å². The maximum absolute atomic E-state index is 11.5. The number of rotatable bonds is 4. The van der Waals surface area contributed by atoms with Crippen LogP contribution in [0.3, 0.4) is 0 Å². The minimum atomic E-state index is -0.449. The highest BCUT2D eigenvalue weighted by Gasteiger charge is 2.06. The molecular weight excluding hydrogens is 242 g/mol. The lowest BCUT2D eigenvalue weighted by atomic mass is 10.2. The molecule has 0 saturated carbocycles. The summed E-state index contributed by atoms with van der Waals surface area (Å²) < 4.78 is 5.10. The lowest BCUT2D eigenvalue weighted by Gasteiger charge is -2.05. The van der Waals surface area contributed by atoms with E-state index in [-0.39, 0.29) is 6.61 Å². The molecule has 0 aliphatic heterocycles. The number of hydrogen-bond acceptors (Lipinski definition) is 3. The molecule has 2 N–H and O–H groups in total. The van der Waals surface area contributed by atoms with Gasteiger partial charge in [-0.2, -0.15) is 0 Å². The molecule has 0 radical (unpaired) electrons. The Kier molecular flexibility index (Phi) is 4.18. The van der Waals surface area contributed by atoms with Gasteiger partial charge >= 0.3 is 6.09 Å². The molecule has 0 unspecified atom stereocenters. The van der Waals surface area contributed by atoms with E-state index >= 15 is 0 Å². The zero-order chi connectivity index (χ0) is 13.7. The first-order chi connectivity index (χ1) is 9.15. The van der Waals surface area contributed by atoms with Gasteiger partial charge in [0.2, 0.25) is 0 Å². The number of nitrogens with one attached hydrogen (secondary N) is 2. The second-order valence-corrected chi connectivity index (χ2v) is 4.31. The molecule has 0 aliphatic carbocycles. The SMILES string of the molecule is Cc1nc(CNC(=O)OCc2ccccc2)[nH]c1C. The monoisotopic (exact) mass is 259 g/mol. The number of aryl methyl sites for hydroxylation is 2. The Morgan fingerprint density at radius 3 is 2.68 bits per heavy atom. The van der Waals surface area contributed by atoms with Gasteiger partial charge in [0.25, 0.3) is 0 Å². The van der Waals surface area contributed by atoms with Crippen LogP contribution in [-0.4, -0.2) is 16.1 Å². The van der Waals surface area contributed by atoms with Crippen LogP contribution in [0.25, 0.3) is 0 Å². The van der Waals surface area contributed by atoms with E-state index < -0.39 is 6.09 Å². The van der Waals surface area contributed by atoms with Gasteiger partial charge in [-0.05, 0) is 19.4 Å². The Morgan fingerprint density at radius 1 is 1.32 bits per heavy atom. The third-order valence-electron chi connectivity index (χ3n) is 2.79. The molecular formula is C14H17N3O2. The normalized spacial score (nSPS) is 10.2. The summed E-state index contributed by atoms with van der Waals surface area (Å²) in [5, 5.41) is 2.65. The van der Waals surface area contributed by atoms with Crippen molar-refractivity contribution in [3.05, 3.63) is 53.1 Å². The van der Waals surface area contributed by atoms with Crippen LogP contribution < -0.4 is 5.32 Å². The third-order valence-corrected chi connectivity index (χ3v) is 2.79. The summed E-state index contributed by atoms with van der Waals surface area (Å²) in [6, 6.07) is 9.56. The van der Waals surface area contributed by atoms with Crippen molar-refractivity contribution in [3.8, 4) is 0 Å². The predicted octanol–water partition coefficient (Wildman–Crippen LogP) is 2.45. The largest absolute Gasteiger partial charge is 0.445 e. The number of aromatic amines is 1. The summed E-state index contributed by atoms with van der Waals surface area (Å²) in [5.74, 6) is 0.728. The van der Waals surface area contributed by atoms with Crippen LogP contribution in [0.4, 0.5) is 4.79 Å². The van der Waals surface area contributed by atoms with E-state index in [1.54, 1.807) is 0 Å². The Morgan fingerprint density at radius 2 is 2.05 bits per heavy atom. The molecule has 0 aliphatic rings. The summed E-state index contributed by atoms with van der Waals surface area (Å²) in [5.41, 5.74) is 2.91. The molecule has 0 saturated heterocycles. The summed E-state index contributed by atoms with van der Waals surface area (Å²) in [6.07, 6.45) is -0.449. The highest BCUT2D eigenvalue weighted by molar-refractivity contribution is 5.67. The Bertz CT molecular complexity index is 530. The van der Waals surface area contributed by atoms with Crippen LogP contribution in [0.1, 0.15) is 22.8 Å². The molecule has 2 aromatic rings. The Balaban J connectivity index is 1.76. The fraction of sp³-hybridized carbons (Fsp3) is 0.286. The maximum Gasteiger partial charge on any atom is 0.407 e. The van der Waals surface area contributed by atoms with Crippen LogP contribution in [-0.2, 0) is 17.9 Å². The quantitative estimate of drug-likeness (QED) is 0.886. The molecule has 0 fully saturated rings. The molecule has 0 bridgehead atoms. The summed E-state index contributed by atoms with van der Waals surface area (Å²) in [6.45, 7) is 4.47. The summed E-state index contributed by atoms with van der Waals surface area (Å²) in [4.78, 5) is 18.9. The number of alkyl carbamates (subject to hydrolysis) is 1. The number of aromatic nitrogens is 2. The van der Waals surface area contributed by atoms with E-state index in [0.717, 1.165) is 22.8 Å². The van der Waals surface area contributed by atoms with E-state index in [4.69, 9.17) is 4.74 Å². The van der Waals surface area contributed by atoms with Gasteiger partial charge in [-0.1, -0.05) is 30.3 Å². The molecule has 0 spiro atoms. The lowest BCUT2D eigenvalue weighted by Crippen LogP contribution is -2.24. The van der Waals surface area contributed by atoms with E-state index in [1.807, 2.05) is 44.2 Å². The van der Waals surface area contributed by atoms with E-state index in [2.05, 4.69) is 15.3 Å². The topological polar surface area (TPSA) is 67.0 Å². The van der Waals surface area contributed by atoms with Gasteiger partial charge in [-0.25, -0.2) is 9.78 Å². The second kappa shape index (κ2) is 6.04. The second-order valence-electron chi connectivity index (χ2n) is 4.31. The van der Waals surface area contributed by atoms with Gasteiger partial charge in [0, 0.05) is 5.69 Å². The number of amides is 1. The fourth-order valence-corrected chi connectivity index (χ4v) is 1.63. The first-order valence-corrected chi connectivity index (χ1v) is 6.12. The van der Waals surface area contributed by atoms with Crippen LogP contribution >= 0.6 is 0 Å². The Labute approximate surface area is 112 Å². The standard InChI is InChI=1S/C14H17N3O2/c1-10-11(2)17-13(16-10)8-15-14(18)19-9-12-6-4-3-5-7-12/h3-7H,8-9H2,1-2H3,(H,15,18)(H,16,17). The fourth-order valence-electron chi connectivity index (χ4n) is 1.63. The average Bonchev–Trinajstić information content (AvgIpc) is 2.74. The number of benzene rings is 1. The van der Waals surface area contributed by atoms with Crippen molar-refractivity contribution in [2.75, 3.05) is 0 Å². The number of hydrogen-bond donors (Lipinski definition) is 2. The van der Waals surface area contributed by atoms with Crippen LogP contribution in [0.5, 0.6) is 0 Å². The number of ether oxygens (including phenoxy) is 1. The minimum absolute atomic E-state index is 0.267. The van der Waals surface area contributed by atoms with Gasteiger partial charge in [0.05, 0.1) is 12.2 Å². The van der Waals surface area contributed by atoms with Crippen molar-refractivity contribution < 1.29 is 9.53 Å². The van der Waals surface area contributed by atoms with Crippen molar-refractivity contribution in [2.24, 2.45) is 0 Å². The van der Waals surface area contributed by atoms with Crippen molar-refractivity contribution in [1.82, 2.24) is 15.3 Å². The van der Waals surface area contributed by atoms with Crippen molar-refractivity contribution in [3.63, 3.8) is 0 Å². The van der Waals surface area contributed by atoms with Gasteiger partial charge in [-0.3, -0.25) is 0 Å². The van der Waals surface area contributed by atoms with Crippen LogP contribution in [0.15, 0.2) is 30.3 Å². The molecule has 19 heavy (non-hydrogen) atoms. The van der Waals surface area contributed by atoms with Gasteiger partial charge in [0.1, 0.15) is 12.4 Å². The van der Waals surface area contributed by atoms with Crippen LogP contribution in [0, 0.1) is 13.8 Å². The number of H-pyrrole nitrogens is 1. The van der Waals surface area contributed by atoms with Gasteiger partial charge < -0.3 is 15.0 Å². The molecule has 5 heteroatoms. The van der Waals surface area contributed by atoms with Crippen molar-refractivity contribution in [2.45, 2.75) is 27.0 Å². The number of imidazole rings is 1. The first kappa shape index (κ1) is 13.1. The number of carbonyl (C=O) groups excluding carboxylic acids is 1. The molecule has 1 aromatic heterocycles. The van der Waals surface area contributed by atoms with E-state index in [1.165, 1.54) is 0 Å². The molecule has 100 valence electrons. The van der Waals surface area contributed by atoms with Crippen molar-refractivity contribution >= 4 is 6.09 Å². The third kappa shape index (κ3) is 3.84. The number of nitrogens with zero attached hydrogens (tertiary/aromatic N) is 1. The molecule has 1 heterocycles. The lowest BCUT2D eigenvalue weighted by molar-refractivity contribution is 0.139. The number of carbonyl (C=O) groups is 1. The highest BCUT2D eigenvalue weighted by atomic mass is 16.5. The zero-order valence-electron chi connectivity index (χ0n) is 11.1. The van der Waals surface area contributed by atoms with Crippen molar-refractivity contribution in [1.29, 1.82) is 0 Å². The molecule has 5 nitrogen and oxygen atoms in total. The smallest absolute Gasteiger partial charge is 0.407 e. The molecule has 1 aromatic carbocycles.